The van der Waals surface area contributed by atoms with Gasteiger partial charge in [0.2, 0.25) is 0 Å². The highest BCUT2D eigenvalue weighted by Gasteiger charge is 2.18. The summed E-state index contributed by atoms with van der Waals surface area (Å²) in [5.41, 5.74) is 8.34. The predicted molar refractivity (Wildman–Crippen MR) is 81.6 cm³/mol. The number of rotatable bonds is 6. The van der Waals surface area contributed by atoms with Gasteiger partial charge in [-0.15, -0.1) is 0 Å². The van der Waals surface area contributed by atoms with Gasteiger partial charge < -0.3 is 10.6 Å². The van der Waals surface area contributed by atoms with Crippen LogP contribution in [0.5, 0.6) is 0 Å². The Kier molecular flexibility index (Phi) is 5.97. The molecule has 0 bridgehead atoms. The quantitative estimate of drug-likeness (QED) is 0.849. The molecule has 2 atom stereocenters. The van der Waals surface area contributed by atoms with Crippen LogP contribution in [0.25, 0.3) is 0 Å². The van der Waals surface area contributed by atoms with Crippen LogP contribution >= 0.6 is 11.6 Å². The fourth-order valence-corrected chi connectivity index (χ4v) is 2.61. The molecular weight excluding hydrogens is 244 g/mol. The number of halogens is 1. The van der Waals surface area contributed by atoms with Crippen LogP contribution in [-0.2, 0) is 6.42 Å². The summed E-state index contributed by atoms with van der Waals surface area (Å²) >= 11 is 6.40. The van der Waals surface area contributed by atoms with Gasteiger partial charge in [0.15, 0.2) is 0 Å². The van der Waals surface area contributed by atoms with Gasteiger partial charge in [0, 0.05) is 18.6 Å². The molecule has 0 heterocycles. The van der Waals surface area contributed by atoms with Crippen LogP contribution < -0.4 is 10.6 Å². The number of anilines is 1. The normalized spacial score (nSPS) is 14.3. The molecule has 0 radical (unpaired) electrons. The number of hydrogen-bond acceptors (Lipinski definition) is 2. The first-order valence-corrected chi connectivity index (χ1v) is 7.18. The Morgan fingerprint density at radius 1 is 1.28 bits per heavy atom. The summed E-state index contributed by atoms with van der Waals surface area (Å²) < 4.78 is 0. The largest absolute Gasteiger partial charge is 0.368 e. The third kappa shape index (κ3) is 3.63. The van der Waals surface area contributed by atoms with Gasteiger partial charge in [-0.05, 0) is 45.2 Å². The third-order valence-electron chi connectivity index (χ3n) is 3.36. The van der Waals surface area contributed by atoms with E-state index in [2.05, 4.69) is 31.7 Å². The summed E-state index contributed by atoms with van der Waals surface area (Å²) in [5, 5.41) is 0.829. The second-order valence-electron chi connectivity index (χ2n) is 4.97. The van der Waals surface area contributed by atoms with E-state index in [0.717, 1.165) is 30.1 Å². The van der Waals surface area contributed by atoms with E-state index in [1.807, 2.05) is 19.1 Å². The van der Waals surface area contributed by atoms with Gasteiger partial charge in [-0.1, -0.05) is 30.7 Å². The maximum absolute atomic E-state index is 6.40. The maximum atomic E-state index is 6.40. The third-order valence-corrected chi connectivity index (χ3v) is 3.67. The highest BCUT2D eigenvalue weighted by atomic mass is 35.5. The van der Waals surface area contributed by atoms with Crippen molar-refractivity contribution >= 4 is 17.3 Å². The van der Waals surface area contributed by atoms with Gasteiger partial charge in [-0.2, -0.15) is 0 Å². The van der Waals surface area contributed by atoms with Crippen LogP contribution in [0.2, 0.25) is 5.02 Å². The zero-order valence-electron chi connectivity index (χ0n) is 11.9. The maximum Gasteiger partial charge on any atom is 0.0642 e. The predicted octanol–water partition coefficient (Wildman–Crippen LogP) is 3.85. The van der Waals surface area contributed by atoms with Crippen molar-refractivity contribution in [2.45, 2.75) is 52.6 Å². The van der Waals surface area contributed by atoms with Crippen LogP contribution in [-0.4, -0.2) is 18.6 Å². The van der Waals surface area contributed by atoms with E-state index in [-0.39, 0.29) is 6.04 Å². The molecule has 2 nitrogen and oxygen atoms in total. The zero-order chi connectivity index (χ0) is 13.7. The number of benzene rings is 1. The molecule has 0 aliphatic carbocycles. The van der Waals surface area contributed by atoms with E-state index < -0.39 is 0 Å². The molecule has 3 heteroatoms. The minimum absolute atomic E-state index is 0.151. The van der Waals surface area contributed by atoms with Crippen molar-refractivity contribution in [2.24, 2.45) is 5.73 Å². The molecule has 18 heavy (non-hydrogen) atoms. The average molecular weight is 269 g/mol. The van der Waals surface area contributed by atoms with E-state index in [1.54, 1.807) is 0 Å². The van der Waals surface area contributed by atoms with E-state index >= 15 is 0 Å². The zero-order valence-corrected chi connectivity index (χ0v) is 12.7. The molecule has 1 rings (SSSR count). The van der Waals surface area contributed by atoms with Crippen molar-refractivity contribution in [3.05, 3.63) is 28.8 Å². The summed E-state index contributed by atoms with van der Waals surface area (Å²) in [5.74, 6) is 0. The van der Waals surface area contributed by atoms with Crippen LogP contribution in [0.15, 0.2) is 18.2 Å². The van der Waals surface area contributed by atoms with Gasteiger partial charge in [0.05, 0.1) is 10.7 Å². The Bertz CT molecular complexity index is 377. The van der Waals surface area contributed by atoms with E-state index in [1.165, 1.54) is 5.56 Å². The van der Waals surface area contributed by atoms with Crippen LogP contribution in [0.3, 0.4) is 0 Å². The Balaban J connectivity index is 3.18. The van der Waals surface area contributed by atoms with Crippen LogP contribution in [0, 0.1) is 0 Å². The molecule has 0 fully saturated rings. The second kappa shape index (κ2) is 7.01. The minimum atomic E-state index is 0.151. The molecule has 2 N–H and O–H groups in total. The van der Waals surface area contributed by atoms with Gasteiger partial charge in [-0.3, -0.25) is 0 Å². The summed E-state index contributed by atoms with van der Waals surface area (Å²) in [6.07, 6.45) is 1.97. The summed E-state index contributed by atoms with van der Waals surface area (Å²) in [6.45, 7) is 9.61. The van der Waals surface area contributed by atoms with Gasteiger partial charge >= 0.3 is 0 Å². The Morgan fingerprint density at radius 2 is 1.94 bits per heavy atom. The van der Waals surface area contributed by atoms with Crippen LogP contribution in [0.1, 0.15) is 39.7 Å². The first kappa shape index (κ1) is 15.3. The molecule has 0 aliphatic heterocycles. The standard InChI is InChI=1S/C15H25ClN2/c1-5-12(4)18(6-2)15-13(10-11(3)17)8-7-9-14(15)16/h7-9,11-12H,5-6,10,17H2,1-4H3. The first-order chi connectivity index (χ1) is 8.51. The lowest BCUT2D eigenvalue weighted by Crippen LogP contribution is -2.34. The molecule has 1 aromatic carbocycles. The smallest absolute Gasteiger partial charge is 0.0642 e. The monoisotopic (exact) mass is 268 g/mol. The lowest BCUT2D eigenvalue weighted by Gasteiger charge is -2.32. The average Bonchev–Trinajstić information content (AvgIpc) is 2.32. The van der Waals surface area contributed by atoms with Crippen LogP contribution in [0.4, 0.5) is 5.69 Å². The van der Waals surface area contributed by atoms with Gasteiger partial charge in [-0.25, -0.2) is 0 Å². The van der Waals surface area contributed by atoms with Gasteiger partial charge in [0.1, 0.15) is 0 Å². The molecule has 0 aromatic heterocycles. The number of hydrogen-bond donors (Lipinski definition) is 1. The van der Waals surface area contributed by atoms with E-state index in [9.17, 15) is 0 Å². The van der Waals surface area contributed by atoms with Crippen molar-refractivity contribution in [1.82, 2.24) is 0 Å². The molecule has 1 aromatic rings. The fraction of sp³-hybridized carbons (Fsp3) is 0.600. The lowest BCUT2D eigenvalue weighted by atomic mass is 10.0. The Hall–Kier alpha value is -0.730. The molecule has 0 amide bonds. The van der Waals surface area contributed by atoms with Crippen molar-refractivity contribution in [2.75, 3.05) is 11.4 Å². The molecule has 2 unspecified atom stereocenters. The van der Waals surface area contributed by atoms with E-state index in [0.29, 0.717) is 6.04 Å². The fourth-order valence-electron chi connectivity index (χ4n) is 2.30. The summed E-state index contributed by atoms with van der Waals surface area (Å²) in [7, 11) is 0. The Morgan fingerprint density at radius 3 is 2.44 bits per heavy atom. The number of para-hydroxylation sites is 1. The van der Waals surface area contributed by atoms with Crippen molar-refractivity contribution < 1.29 is 0 Å². The second-order valence-corrected chi connectivity index (χ2v) is 5.38. The van der Waals surface area contributed by atoms with Crippen molar-refractivity contribution in [1.29, 1.82) is 0 Å². The van der Waals surface area contributed by atoms with E-state index in [4.69, 9.17) is 17.3 Å². The van der Waals surface area contributed by atoms with Crippen molar-refractivity contribution in [3.8, 4) is 0 Å². The number of nitrogens with two attached hydrogens (primary N) is 1. The highest BCUT2D eigenvalue weighted by Crippen LogP contribution is 2.32. The SMILES string of the molecule is CCC(C)N(CC)c1c(Cl)cccc1CC(C)N. The first-order valence-electron chi connectivity index (χ1n) is 6.80. The molecule has 0 spiro atoms. The summed E-state index contributed by atoms with van der Waals surface area (Å²) in [4.78, 5) is 2.38. The topological polar surface area (TPSA) is 29.3 Å². The molecule has 0 saturated carbocycles. The molecule has 102 valence electrons. The Labute approximate surface area is 116 Å². The highest BCUT2D eigenvalue weighted by molar-refractivity contribution is 6.33. The lowest BCUT2D eigenvalue weighted by molar-refractivity contribution is 0.624. The number of nitrogens with zero attached hydrogens (tertiary/aromatic N) is 1. The molecular formula is C15H25ClN2. The van der Waals surface area contributed by atoms with Gasteiger partial charge in [0.25, 0.3) is 0 Å². The van der Waals surface area contributed by atoms with Crippen molar-refractivity contribution in [3.63, 3.8) is 0 Å². The molecule has 0 saturated heterocycles. The summed E-state index contributed by atoms with van der Waals surface area (Å²) in [6, 6.07) is 6.75. The minimum Gasteiger partial charge on any atom is -0.368 e. The molecule has 0 aliphatic rings.